The molecule has 0 aromatic rings. The van der Waals surface area contributed by atoms with E-state index >= 15 is 0 Å². The predicted molar refractivity (Wildman–Crippen MR) is 37.8 cm³/mol. The van der Waals surface area contributed by atoms with Gasteiger partial charge in [-0.1, -0.05) is 0 Å². The molecule has 0 rings (SSSR count). The molecule has 10 heavy (non-hydrogen) atoms. The Kier molecular flexibility index (Phi) is 4.91. The maximum atomic E-state index is 11.1. The van der Waals surface area contributed by atoms with E-state index in [0.717, 1.165) is 0 Å². The average molecular weight is 167 g/mol. The number of hydrogen-bond donors (Lipinski definition) is 0. The summed E-state index contributed by atoms with van der Waals surface area (Å²) in [5, 5.41) is 0. The van der Waals surface area contributed by atoms with Crippen molar-refractivity contribution in [3.63, 3.8) is 0 Å². The van der Waals surface area contributed by atoms with Crippen molar-refractivity contribution in [2.75, 3.05) is 27.2 Å². The van der Waals surface area contributed by atoms with E-state index in [9.17, 15) is 4.57 Å². The van der Waals surface area contributed by atoms with Crippen molar-refractivity contribution in [2.24, 2.45) is 0 Å². The number of ether oxygens (including phenoxy) is 1. The Labute approximate surface area is 61.0 Å². The van der Waals surface area contributed by atoms with Crippen molar-refractivity contribution in [3.05, 3.63) is 6.92 Å². The summed E-state index contributed by atoms with van der Waals surface area (Å²) >= 11 is 0. The lowest BCUT2D eigenvalue weighted by atomic mass is 10.9. The van der Waals surface area contributed by atoms with Gasteiger partial charge in [-0.2, -0.15) is 0 Å². The van der Waals surface area contributed by atoms with Crippen LogP contribution in [-0.4, -0.2) is 27.2 Å². The third-order valence-corrected chi connectivity index (χ3v) is 2.56. The molecular weight excluding hydrogens is 155 g/mol. The van der Waals surface area contributed by atoms with E-state index in [1.165, 1.54) is 14.2 Å². The van der Waals surface area contributed by atoms with Crippen molar-refractivity contribution in [1.29, 1.82) is 0 Å². The van der Waals surface area contributed by atoms with E-state index in [4.69, 9.17) is 4.74 Å². The van der Waals surface area contributed by atoms with E-state index in [-0.39, 0.29) is 13.0 Å². The third kappa shape index (κ3) is 3.32. The van der Waals surface area contributed by atoms with Crippen molar-refractivity contribution >= 4 is 7.60 Å². The topological polar surface area (TPSA) is 44.8 Å². The fourth-order valence-corrected chi connectivity index (χ4v) is 1.07. The minimum atomic E-state index is -2.96. The number of hydrogen-bond acceptors (Lipinski definition) is 4. The van der Waals surface area contributed by atoms with Gasteiger partial charge in [0.1, 0.15) is 6.35 Å². The van der Waals surface area contributed by atoms with Crippen LogP contribution >= 0.6 is 7.60 Å². The van der Waals surface area contributed by atoms with Crippen LogP contribution < -0.4 is 0 Å². The average Bonchev–Trinajstić information content (AvgIpc) is 2.00. The molecule has 0 aromatic heterocycles. The minimum Gasteiger partial charge on any atom is -0.369 e. The summed E-state index contributed by atoms with van der Waals surface area (Å²) in [6, 6.07) is 0. The molecule has 0 aliphatic rings. The van der Waals surface area contributed by atoms with Gasteiger partial charge in [0.25, 0.3) is 0 Å². The first kappa shape index (κ1) is 10.1. The molecule has 0 fully saturated rings. The van der Waals surface area contributed by atoms with Gasteiger partial charge in [-0.25, -0.2) is 0 Å². The molecule has 5 heteroatoms. The molecule has 0 unspecified atom stereocenters. The second-order valence-corrected chi connectivity index (χ2v) is 3.72. The first-order valence-electron chi connectivity index (χ1n) is 2.76. The molecule has 0 N–H and O–H groups in total. The minimum absolute atomic E-state index is 0.0382. The van der Waals surface area contributed by atoms with E-state index < -0.39 is 7.60 Å². The molecule has 0 saturated carbocycles. The highest BCUT2D eigenvalue weighted by Crippen LogP contribution is 2.45. The van der Waals surface area contributed by atoms with Crippen molar-refractivity contribution in [1.82, 2.24) is 0 Å². The Morgan fingerprint density at radius 2 is 1.90 bits per heavy atom. The maximum absolute atomic E-state index is 11.1. The summed E-state index contributed by atoms with van der Waals surface area (Å²) in [5.74, 6) is 0. The molecule has 0 bridgehead atoms. The molecule has 0 aliphatic carbocycles. The van der Waals surface area contributed by atoms with Crippen LogP contribution in [0.15, 0.2) is 0 Å². The van der Waals surface area contributed by atoms with Gasteiger partial charge in [0.05, 0.1) is 0 Å². The van der Waals surface area contributed by atoms with Gasteiger partial charge >= 0.3 is 7.60 Å². The van der Waals surface area contributed by atoms with E-state index in [0.29, 0.717) is 0 Å². The Balaban J connectivity index is 3.70. The zero-order valence-electron chi connectivity index (χ0n) is 6.20. The van der Waals surface area contributed by atoms with Crippen LogP contribution in [0.3, 0.4) is 0 Å². The Hall–Kier alpha value is 0.110. The molecule has 61 valence electrons. The smallest absolute Gasteiger partial charge is 0.355 e. The molecule has 0 spiro atoms. The van der Waals surface area contributed by atoms with Gasteiger partial charge in [0.2, 0.25) is 0 Å². The lowest BCUT2D eigenvalue weighted by molar-refractivity contribution is 0.166. The standard InChI is InChI=1S/C5H12O4P/c1-4-9-5-10(6,7-2)8-3/h1,4-5H2,2-3H3. The molecule has 1 radical (unpaired) electrons. The van der Waals surface area contributed by atoms with Gasteiger partial charge in [-0.15, -0.1) is 0 Å². The van der Waals surface area contributed by atoms with E-state index in [2.05, 4.69) is 16.0 Å². The van der Waals surface area contributed by atoms with Gasteiger partial charge in [-0.3, -0.25) is 4.57 Å². The van der Waals surface area contributed by atoms with Crippen molar-refractivity contribution < 1.29 is 18.3 Å². The lowest BCUT2D eigenvalue weighted by Gasteiger charge is -2.12. The van der Waals surface area contributed by atoms with Crippen LogP contribution in [0.25, 0.3) is 0 Å². The zero-order valence-corrected chi connectivity index (χ0v) is 7.10. The van der Waals surface area contributed by atoms with Crippen LogP contribution in [0.5, 0.6) is 0 Å². The molecule has 0 heterocycles. The van der Waals surface area contributed by atoms with Crippen LogP contribution in [0, 0.1) is 6.92 Å². The Morgan fingerprint density at radius 3 is 2.20 bits per heavy atom. The maximum Gasteiger partial charge on any atom is 0.355 e. The fourth-order valence-electron chi connectivity index (χ4n) is 0.356. The second-order valence-electron chi connectivity index (χ2n) is 1.51. The van der Waals surface area contributed by atoms with Gasteiger partial charge < -0.3 is 13.8 Å². The summed E-state index contributed by atoms with van der Waals surface area (Å²) in [7, 11) is -0.327. The summed E-state index contributed by atoms with van der Waals surface area (Å²) in [4.78, 5) is 0. The highest BCUT2D eigenvalue weighted by atomic mass is 31.2. The highest BCUT2D eigenvalue weighted by Gasteiger charge is 2.20. The molecule has 0 aromatic carbocycles. The Bertz CT molecular complexity index is 117. The fraction of sp³-hybridized carbons (Fsp3) is 0.800. The van der Waals surface area contributed by atoms with Crippen LogP contribution in [-0.2, 0) is 18.3 Å². The predicted octanol–water partition coefficient (Wildman–Crippen LogP) is 1.28. The Morgan fingerprint density at radius 1 is 1.40 bits per heavy atom. The zero-order chi connectivity index (χ0) is 8.04. The van der Waals surface area contributed by atoms with Gasteiger partial charge in [0, 0.05) is 20.8 Å². The van der Waals surface area contributed by atoms with Crippen LogP contribution in [0.1, 0.15) is 0 Å². The molecule has 0 aliphatic heterocycles. The summed E-state index contributed by atoms with van der Waals surface area (Å²) in [6.07, 6.45) is -0.0382. The molecular formula is C5H12O4P. The van der Waals surface area contributed by atoms with Crippen LogP contribution in [0.4, 0.5) is 0 Å². The molecule has 4 nitrogen and oxygen atoms in total. The van der Waals surface area contributed by atoms with E-state index in [1.807, 2.05) is 0 Å². The molecule has 0 saturated heterocycles. The highest BCUT2D eigenvalue weighted by molar-refractivity contribution is 7.53. The first-order valence-corrected chi connectivity index (χ1v) is 4.49. The third-order valence-electron chi connectivity index (χ3n) is 0.950. The normalized spacial score (nSPS) is 11.9. The quantitative estimate of drug-likeness (QED) is 0.578. The second kappa shape index (κ2) is 4.85. The lowest BCUT2D eigenvalue weighted by Crippen LogP contribution is -1.98. The summed E-state index contributed by atoms with van der Waals surface area (Å²) in [5.41, 5.74) is 0. The van der Waals surface area contributed by atoms with Gasteiger partial charge in [0.15, 0.2) is 0 Å². The van der Waals surface area contributed by atoms with E-state index in [1.54, 1.807) is 0 Å². The molecule has 0 atom stereocenters. The SMILES string of the molecule is [CH2]COCP(=O)(OC)OC. The molecule has 0 amide bonds. The van der Waals surface area contributed by atoms with Crippen LogP contribution in [0.2, 0.25) is 0 Å². The first-order chi connectivity index (χ1) is 4.68. The summed E-state index contributed by atoms with van der Waals surface area (Å²) < 4.78 is 25.0. The van der Waals surface area contributed by atoms with Gasteiger partial charge in [-0.05, 0) is 6.92 Å². The van der Waals surface area contributed by atoms with Crippen molar-refractivity contribution in [2.45, 2.75) is 0 Å². The largest absolute Gasteiger partial charge is 0.369 e. The number of rotatable bonds is 5. The monoisotopic (exact) mass is 167 g/mol. The van der Waals surface area contributed by atoms with Crippen molar-refractivity contribution in [3.8, 4) is 0 Å². The summed E-state index contributed by atoms with van der Waals surface area (Å²) in [6.45, 7) is 3.66.